The monoisotopic (exact) mass is 317 g/mol. The van der Waals surface area contributed by atoms with Gasteiger partial charge in [0, 0.05) is 13.1 Å². The van der Waals surface area contributed by atoms with Crippen LogP contribution in [-0.4, -0.2) is 38.5 Å². The topological polar surface area (TPSA) is 49.9 Å². The van der Waals surface area contributed by atoms with Gasteiger partial charge in [0.05, 0.1) is 17.6 Å². The number of rotatable bonds is 7. The van der Waals surface area contributed by atoms with E-state index in [9.17, 15) is 8.42 Å². The summed E-state index contributed by atoms with van der Waals surface area (Å²) < 4.78 is 32.3. The molecular formula is C17H19NO3S. The van der Waals surface area contributed by atoms with Gasteiger partial charge in [-0.3, -0.25) is 0 Å². The van der Waals surface area contributed by atoms with Crippen molar-refractivity contribution in [2.75, 3.05) is 19.7 Å². The molecular weight excluding hydrogens is 298 g/mol. The summed E-state index contributed by atoms with van der Waals surface area (Å²) in [6, 6.07) is 18.5. The van der Waals surface area contributed by atoms with Gasteiger partial charge < -0.3 is 4.74 Å². The molecule has 0 spiro atoms. The summed E-state index contributed by atoms with van der Waals surface area (Å²) in [5, 5.41) is 0. The van der Waals surface area contributed by atoms with Crippen LogP contribution in [0.3, 0.4) is 0 Å². The van der Waals surface area contributed by atoms with Crippen LogP contribution in [0.25, 0.3) is 0 Å². The van der Waals surface area contributed by atoms with Crippen molar-refractivity contribution in [1.82, 2.24) is 4.31 Å². The van der Waals surface area contributed by atoms with E-state index in [0.29, 0.717) is 31.0 Å². The lowest BCUT2D eigenvalue weighted by atomic mass is 10.1. The summed E-state index contributed by atoms with van der Waals surface area (Å²) >= 11 is 0. The van der Waals surface area contributed by atoms with Gasteiger partial charge in [0.25, 0.3) is 0 Å². The first-order valence-electron chi connectivity index (χ1n) is 7.37. The van der Waals surface area contributed by atoms with Crippen molar-refractivity contribution in [3.8, 4) is 0 Å². The molecule has 1 heterocycles. The molecule has 22 heavy (non-hydrogen) atoms. The highest BCUT2D eigenvalue weighted by Gasteiger charge is 2.32. The molecule has 0 aromatic heterocycles. The maximum atomic E-state index is 12.8. The highest BCUT2D eigenvalue weighted by atomic mass is 32.2. The van der Waals surface area contributed by atoms with Gasteiger partial charge in [0.1, 0.15) is 0 Å². The van der Waals surface area contributed by atoms with Crippen LogP contribution in [0, 0.1) is 0 Å². The molecule has 0 radical (unpaired) electrons. The maximum absolute atomic E-state index is 12.8. The number of sulfonamides is 1. The molecule has 1 fully saturated rings. The van der Waals surface area contributed by atoms with E-state index in [2.05, 4.69) is 0 Å². The molecule has 0 saturated carbocycles. The number of epoxide rings is 1. The lowest BCUT2D eigenvalue weighted by Gasteiger charge is -2.21. The Morgan fingerprint density at radius 3 is 2.18 bits per heavy atom. The predicted octanol–water partition coefficient (Wildman–Crippen LogP) is 2.32. The van der Waals surface area contributed by atoms with E-state index < -0.39 is 10.0 Å². The first-order chi connectivity index (χ1) is 10.7. The van der Waals surface area contributed by atoms with Gasteiger partial charge in [-0.15, -0.1) is 0 Å². The zero-order valence-electron chi connectivity index (χ0n) is 12.3. The second-order valence-corrected chi connectivity index (χ2v) is 7.30. The minimum absolute atomic E-state index is 0.0364. The van der Waals surface area contributed by atoms with Crippen LogP contribution in [0.5, 0.6) is 0 Å². The molecule has 116 valence electrons. The van der Waals surface area contributed by atoms with Crippen LogP contribution in [0.1, 0.15) is 5.56 Å². The second-order valence-electron chi connectivity index (χ2n) is 5.37. The molecule has 1 aliphatic rings. The van der Waals surface area contributed by atoms with Crippen molar-refractivity contribution < 1.29 is 13.2 Å². The minimum Gasteiger partial charge on any atom is -0.372 e. The largest absolute Gasteiger partial charge is 0.372 e. The molecule has 0 amide bonds. The Kier molecular flexibility index (Phi) is 4.57. The smallest absolute Gasteiger partial charge is 0.243 e. The molecule has 0 aliphatic carbocycles. The number of benzene rings is 2. The number of hydrogen-bond acceptors (Lipinski definition) is 3. The van der Waals surface area contributed by atoms with Gasteiger partial charge in [-0.2, -0.15) is 4.31 Å². The lowest BCUT2D eigenvalue weighted by molar-refractivity contribution is 0.336. The Bertz CT molecular complexity index is 697. The Morgan fingerprint density at radius 1 is 1.00 bits per heavy atom. The molecule has 5 heteroatoms. The lowest BCUT2D eigenvalue weighted by Crippen LogP contribution is -2.36. The molecule has 1 aliphatic heterocycles. The van der Waals surface area contributed by atoms with Crippen molar-refractivity contribution in [2.24, 2.45) is 0 Å². The zero-order chi connectivity index (χ0) is 15.4. The van der Waals surface area contributed by atoms with E-state index in [1.54, 1.807) is 24.3 Å². The summed E-state index contributed by atoms with van der Waals surface area (Å²) in [6.07, 6.45) is 0.730. The molecule has 2 aromatic rings. The fraction of sp³-hybridized carbons (Fsp3) is 0.294. The van der Waals surface area contributed by atoms with Gasteiger partial charge in [-0.25, -0.2) is 8.42 Å². The molecule has 4 nitrogen and oxygen atoms in total. The van der Waals surface area contributed by atoms with Crippen molar-refractivity contribution >= 4 is 10.0 Å². The van der Waals surface area contributed by atoms with Crippen molar-refractivity contribution in [3.63, 3.8) is 0 Å². The predicted molar refractivity (Wildman–Crippen MR) is 85.1 cm³/mol. The summed E-state index contributed by atoms with van der Waals surface area (Å²) in [6.45, 7) is 1.53. The van der Waals surface area contributed by atoms with Crippen LogP contribution in [0.15, 0.2) is 65.6 Å². The van der Waals surface area contributed by atoms with Gasteiger partial charge >= 0.3 is 0 Å². The van der Waals surface area contributed by atoms with Gasteiger partial charge in [-0.05, 0) is 24.1 Å². The zero-order valence-corrected chi connectivity index (χ0v) is 13.1. The Labute approximate surface area is 131 Å². The van der Waals surface area contributed by atoms with Gasteiger partial charge in [0.15, 0.2) is 0 Å². The molecule has 3 rings (SSSR count). The first kappa shape index (κ1) is 15.2. The molecule has 1 saturated heterocycles. The highest BCUT2D eigenvalue weighted by Crippen LogP contribution is 2.20. The maximum Gasteiger partial charge on any atom is 0.243 e. The molecule has 2 aromatic carbocycles. The van der Waals surface area contributed by atoms with Gasteiger partial charge in [0.2, 0.25) is 10.0 Å². The van der Waals surface area contributed by atoms with E-state index in [1.165, 1.54) is 4.31 Å². The van der Waals surface area contributed by atoms with E-state index in [0.717, 1.165) is 5.56 Å². The fourth-order valence-corrected chi connectivity index (χ4v) is 3.84. The number of nitrogens with zero attached hydrogens (tertiary/aromatic N) is 1. The molecule has 1 atom stereocenters. The van der Waals surface area contributed by atoms with Crippen LogP contribution < -0.4 is 0 Å². The minimum atomic E-state index is -3.47. The van der Waals surface area contributed by atoms with E-state index >= 15 is 0 Å². The normalized spacial score (nSPS) is 17.6. The number of hydrogen-bond donors (Lipinski definition) is 0. The van der Waals surface area contributed by atoms with E-state index in [4.69, 9.17) is 4.74 Å². The molecule has 0 bridgehead atoms. The SMILES string of the molecule is O=S(=O)(c1ccccc1)N(CCc1ccccc1)CC1CO1. The van der Waals surface area contributed by atoms with Crippen LogP contribution in [0.4, 0.5) is 0 Å². The van der Waals surface area contributed by atoms with Crippen LogP contribution in [-0.2, 0) is 21.2 Å². The Balaban J connectivity index is 1.77. The summed E-state index contributed by atoms with van der Waals surface area (Å²) in [7, 11) is -3.47. The third kappa shape index (κ3) is 3.74. The standard InChI is InChI=1S/C17H19NO3S/c19-22(20,17-9-5-2-6-10-17)18(13-16-14-21-16)12-11-15-7-3-1-4-8-15/h1-10,16H,11-14H2. The summed E-state index contributed by atoms with van der Waals surface area (Å²) in [4.78, 5) is 0.337. The average molecular weight is 317 g/mol. The highest BCUT2D eigenvalue weighted by molar-refractivity contribution is 7.89. The van der Waals surface area contributed by atoms with Gasteiger partial charge in [-0.1, -0.05) is 48.5 Å². The fourth-order valence-electron chi connectivity index (χ4n) is 2.35. The summed E-state index contributed by atoms with van der Waals surface area (Å²) in [5.74, 6) is 0. The molecule has 1 unspecified atom stereocenters. The van der Waals surface area contributed by atoms with E-state index in [1.807, 2.05) is 36.4 Å². The third-order valence-corrected chi connectivity index (χ3v) is 5.56. The van der Waals surface area contributed by atoms with Crippen LogP contribution >= 0.6 is 0 Å². The first-order valence-corrected chi connectivity index (χ1v) is 8.81. The Hall–Kier alpha value is -1.69. The van der Waals surface area contributed by atoms with E-state index in [-0.39, 0.29) is 6.10 Å². The second kappa shape index (κ2) is 6.60. The summed E-state index contributed by atoms with van der Waals surface area (Å²) in [5.41, 5.74) is 1.13. The molecule has 0 N–H and O–H groups in total. The Morgan fingerprint density at radius 2 is 1.59 bits per heavy atom. The van der Waals surface area contributed by atoms with Crippen molar-refractivity contribution in [3.05, 3.63) is 66.2 Å². The number of ether oxygens (including phenoxy) is 1. The quantitative estimate of drug-likeness (QED) is 0.736. The van der Waals surface area contributed by atoms with Crippen molar-refractivity contribution in [1.29, 1.82) is 0 Å². The van der Waals surface area contributed by atoms with Crippen molar-refractivity contribution in [2.45, 2.75) is 17.4 Å². The third-order valence-electron chi connectivity index (χ3n) is 3.68. The van der Waals surface area contributed by atoms with Crippen LogP contribution in [0.2, 0.25) is 0 Å². The average Bonchev–Trinajstić information content (AvgIpc) is 3.37.